The second kappa shape index (κ2) is 6.41. The highest BCUT2D eigenvalue weighted by Crippen LogP contribution is 2.41. The van der Waals surface area contributed by atoms with Crippen molar-refractivity contribution in [3.05, 3.63) is 34.9 Å². The molecule has 0 radical (unpaired) electrons. The molecule has 0 heteroatoms. The SMILES string of the molecule is CCCCCCCc1ccc2c(c1)C(C)CC2C. The monoisotopic (exact) mass is 244 g/mol. The van der Waals surface area contributed by atoms with Crippen molar-refractivity contribution < 1.29 is 0 Å². The lowest BCUT2D eigenvalue weighted by molar-refractivity contribution is 0.632. The van der Waals surface area contributed by atoms with E-state index in [0.717, 1.165) is 11.8 Å². The van der Waals surface area contributed by atoms with Crippen LogP contribution in [0.5, 0.6) is 0 Å². The quantitative estimate of drug-likeness (QED) is 0.554. The molecule has 0 nitrogen and oxygen atoms in total. The summed E-state index contributed by atoms with van der Waals surface area (Å²) in [6, 6.07) is 7.25. The van der Waals surface area contributed by atoms with Crippen molar-refractivity contribution >= 4 is 0 Å². The summed E-state index contributed by atoms with van der Waals surface area (Å²) < 4.78 is 0. The Kier molecular flexibility index (Phi) is 4.86. The zero-order valence-corrected chi connectivity index (χ0v) is 12.3. The fourth-order valence-corrected chi connectivity index (χ4v) is 3.37. The number of rotatable bonds is 6. The van der Waals surface area contributed by atoms with Gasteiger partial charge >= 0.3 is 0 Å². The Morgan fingerprint density at radius 3 is 2.44 bits per heavy atom. The molecule has 0 spiro atoms. The molecule has 1 aliphatic carbocycles. The second-order valence-electron chi connectivity index (χ2n) is 6.17. The highest BCUT2D eigenvalue weighted by atomic mass is 14.3. The third kappa shape index (κ3) is 3.16. The van der Waals surface area contributed by atoms with Crippen LogP contribution in [0.25, 0.3) is 0 Å². The number of aryl methyl sites for hydroxylation is 1. The Balaban J connectivity index is 1.89. The van der Waals surface area contributed by atoms with Crippen LogP contribution in [0.1, 0.15) is 87.8 Å². The van der Waals surface area contributed by atoms with E-state index in [1.807, 2.05) is 0 Å². The molecule has 0 saturated carbocycles. The van der Waals surface area contributed by atoms with E-state index >= 15 is 0 Å². The largest absolute Gasteiger partial charge is 0.0654 e. The molecule has 18 heavy (non-hydrogen) atoms. The molecular formula is C18H28. The Labute approximate surface area is 113 Å². The first-order chi connectivity index (χ1) is 8.72. The van der Waals surface area contributed by atoms with Gasteiger partial charge in [-0.25, -0.2) is 0 Å². The maximum Gasteiger partial charge on any atom is -0.0182 e. The van der Waals surface area contributed by atoms with Crippen molar-refractivity contribution in [1.29, 1.82) is 0 Å². The summed E-state index contributed by atoms with van der Waals surface area (Å²) in [7, 11) is 0. The van der Waals surface area contributed by atoms with Gasteiger partial charge in [0, 0.05) is 0 Å². The molecular weight excluding hydrogens is 216 g/mol. The van der Waals surface area contributed by atoms with E-state index in [0.29, 0.717) is 0 Å². The zero-order chi connectivity index (χ0) is 13.0. The van der Waals surface area contributed by atoms with E-state index in [2.05, 4.69) is 39.0 Å². The first-order valence-corrected chi connectivity index (χ1v) is 7.85. The van der Waals surface area contributed by atoms with Gasteiger partial charge in [0.2, 0.25) is 0 Å². The van der Waals surface area contributed by atoms with E-state index < -0.39 is 0 Å². The fraction of sp³-hybridized carbons (Fsp3) is 0.667. The standard InChI is InChI=1S/C18H28/c1-4-5-6-7-8-9-16-10-11-17-14(2)12-15(3)18(17)13-16/h10-11,13-15H,4-9,12H2,1-3H3. The van der Waals surface area contributed by atoms with Gasteiger partial charge in [0.05, 0.1) is 0 Å². The molecule has 1 aromatic rings. The first kappa shape index (κ1) is 13.6. The summed E-state index contributed by atoms with van der Waals surface area (Å²) in [6.45, 7) is 7.03. The van der Waals surface area contributed by atoms with E-state index in [4.69, 9.17) is 0 Å². The van der Waals surface area contributed by atoms with Crippen molar-refractivity contribution in [2.24, 2.45) is 0 Å². The van der Waals surface area contributed by atoms with Gasteiger partial charge in [0.1, 0.15) is 0 Å². The zero-order valence-electron chi connectivity index (χ0n) is 12.3. The molecule has 0 fully saturated rings. The van der Waals surface area contributed by atoms with Crippen LogP contribution in [0, 0.1) is 0 Å². The van der Waals surface area contributed by atoms with Crippen LogP contribution in [0.4, 0.5) is 0 Å². The van der Waals surface area contributed by atoms with Crippen molar-refractivity contribution in [3.63, 3.8) is 0 Å². The van der Waals surface area contributed by atoms with E-state index in [1.54, 1.807) is 16.7 Å². The Bertz CT molecular complexity index is 378. The lowest BCUT2D eigenvalue weighted by atomic mass is 9.97. The maximum absolute atomic E-state index is 2.49. The van der Waals surface area contributed by atoms with Gasteiger partial charge in [-0.3, -0.25) is 0 Å². The molecule has 2 atom stereocenters. The molecule has 1 aromatic carbocycles. The van der Waals surface area contributed by atoms with Crippen molar-refractivity contribution in [2.45, 2.75) is 77.6 Å². The number of unbranched alkanes of at least 4 members (excludes halogenated alkanes) is 4. The van der Waals surface area contributed by atoms with Crippen molar-refractivity contribution in [1.82, 2.24) is 0 Å². The molecule has 0 aromatic heterocycles. The van der Waals surface area contributed by atoms with Gasteiger partial charge in [-0.05, 0) is 47.8 Å². The summed E-state index contributed by atoms with van der Waals surface area (Å²) in [5.41, 5.74) is 4.80. The van der Waals surface area contributed by atoms with Crippen LogP contribution in [-0.2, 0) is 6.42 Å². The number of fused-ring (bicyclic) bond motifs is 1. The summed E-state index contributed by atoms with van der Waals surface area (Å²) in [5.74, 6) is 1.55. The van der Waals surface area contributed by atoms with Crippen molar-refractivity contribution in [2.75, 3.05) is 0 Å². The number of hydrogen-bond donors (Lipinski definition) is 0. The third-order valence-corrected chi connectivity index (χ3v) is 4.49. The second-order valence-corrected chi connectivity index (χ2v) is 6.17. The summed E-state index contributed by atoms with van der Waals surface area (Å²) >= 11 is 0. The Morgan fingerprint density at radius 1 is 0.944 bits per heavy atom. The molecule has 0 amide bonds. The number of benzene rings is 1. The minimum absolute atomic E-state index is 0.772. The van der Waals surface area contributed by atoms with Gasteiger partial charge in [-0.15, -0.1) is 0 Å². The summed E-state index contributed by atoms with van der Waals surface area (Å²) in [6.07, 6.45) is 9.54. The maximum atomic E-state index is 2.49. The lowest BCUT2D eigenvalue weighted by Gasteiger charge is -2.08. The first-order valence-electron chi connectivity index (χ1n) is 7.85. The average molecular weight is 244 g/mol. The van der Waals surface area contributed by atoms with E-state index in [1.165, 1.54) is 44.9 Å². The molecule has 100 valence electrons. The average Bonchev–Trinajstić information content (AvgIpc) is 2.65. The van der Waals surface area contributed by atoms with Crippen molar-refractivity contribution in [3.8, 4) is 0 Å². The normalized spacial score (nSPS) is 22.2. The number of hydrogen-bond acceptors (Lipinski definition) is 0. The smallest absolute Gasteiger partial charge is 0.0182 e. The fourth-order valence-electron chi connectivity index (χ4n) is 3.37. The molecule has 2 rings (SSSR count). The van der Waals surface area contributed by atoms with Crippen LogP contribution < -0.4 is 0 Å². The topological polar surface area (TPSA) is 0 Å². The predicted octanol–water partition coefficient (Wildman–Crippen LogP) is 5.81. The van der Waals surface area contributed by atoms with Gasteiger partial charge in [0.25, 0.3) is 0 Å². The Morgan fingerprint density at radius 2 is 1.67 bits per heavy atom. The van der Waals surface area contributed by atoms with Gasteiger partial charge in [0.15, 0.2) is 0 Å². The predicted molar refractivity (Wildman–Crippen MR) is 80.4 cm³/mol. The van der Waals surface area contributed by atoms with Crippen LogP contribution in [-0.4, -0.2) is 0 Å². The lowest BCUT2D eigenvalue weighted by Crippen LogP contribution is -1.92. The van der Waals surface area contributed by atoms with E-state index in [-0.39, 0.29) is 0 Å². The molecule has 0 heterocycles. The summed E-state index contributed by atoms with van der Waals surface area (Å²) in [5, 5.41) is 0. The molecule has 0 saturated heterocycles. The minimum Gasteiger partial charge on any atom is -0.0654 e. The highest BCUT2D eigenvalue weighted by molar-refractivity contribution is 5.40. The van der Waals surface area contributed by atoms with Crippen LogP contribution in [0.2, 0.25) is 0 Å². The van der Waals surface area contributed by atoms with E-state index in [9.17, 15) is 0 Å². The van der Waals surface area contributed by atoms with Gasteiger partial charge < -0.3 is 0 Å². The molecule has 2 unspecified atom stereocenters. The van der Waals surface area contributed by atoms with Gasteiger partial charge in [-0.1, -0.05) is 64.7 Å². The van der Waals surface area contributed by atoms with Crippen LogP contribution in [0.15, 0.2) is 18.2 Å². The highest BCUT2D eigenvalue weighted by Gasteiger charge is 2.24. The minimum atomic E-state index is 0.772. The molecule has 0 bridgehead atoms. The van der Waals surface area contributed by atoms with Crippen LogP contribution in [0.3, 0.4) is 0 Å². The third-order valence-electron chi connectivity index (χ3n) is 4.49. The molecule has 0 aliphatic heterocycles. The molecule has 0 N–H and O–H groups in total. The van der Waals surface area contributed by atoms with Gasteiger partial charge in [-0.2, -0.15) is 0 Å². The Hall–Kier alpha value is -0.780. The summed E-state index contributed by atoms with van der Waals surface area (Å²) in [4.78, 5) is 0. The van der Waals surface area contributed by atoms with Crippen LogP contribution >= 0.6 is 0 Å². The molecule has 1 aliphatic rings.